The smallest absolute Gasteiger partial charge is 0.270 e. The third-order valence-corrected chi connectivity index (χ3v) is 5.09. The second-order valence-electron chi connectivity index (χ2n) is 7.18. The molecule has 0 bridgehead atoms. The monoisotopic (exact) mass is 402 g/mol. The molecule has 7 heteroatoms. The second-order valence-corrected chi connectivity index (χ2v) is 7.18. The zero-order chi connectivity index (χ0) is 20.9. The Hall–Kier alpha value is -3.87. The van der Waals surface area contributed by atoms with Crippen LogP contribution >= 0.6 is 0 Å². The van der Waals surface area contributed by atoms with Gasteiger partial charge in [0.2, 0.25) is 0 Å². The van der Waals surface area contributed by atoms with E-state index in [1.165, 1.54) is 12.1 Å². The van der Waals surface area contributed by atoms with Gasteiger partial charge in [0.1, 0.15) is 0 Å². The summed E-state index contributed by atoms with van der Waals surface area (Å²) in [6.45, 7) is 1.69. The van der Waals surface area contributed by atoms with Gasteiger partial charge in [-0.3, -0.25) is 14.9 Å². The van der Waals surface area contributed by atoms with Crippen molar-refractivity contribution in [3.63, 3.8) is 0 Å². The summed E-state index contributed by atoms with van der Waals surface area (Å²) in [4.78, 5) is 25.8. The molecule has 3 aromatic rings. The van der Waals surface area contributed by atoms with Gasteiger partial charge in [0.25, 0.3) is 11.6 Å². The van der Waals surface area contributed by atoms with Crippen LogP contribution in [0.25, 0.3) is 0 Å². The molecule has 0 unspecified atom stereocenters. The Morgan fingerprint density at radius 1 is 0.867 bits per heavy atom. The molecule has 30 heavy (non-hydrogen) atoms. The van der Waals surface area contributed by atoms with E-state index in [9.17, 15) is 14.9 Å². The van der Waals surface area contributed by atoms with E-state index in [1.54, 1.807) is 18.2 Å². The maximum absolute atomic E-state index is 13.0. The number of nitro benzene ring substituents is 1. The first-order valence-electron chi connectivity index (χ1n) is 9.87. The molecule has 4 rings (SSSR count). The maximum atomic E-state index is 13.0. The van der Waals surface area contributed by atoms with Gasteiger partial charge in [-0.05, 0) is 55.3 Å². The summed E-state index contributed by atoms with van der Waals surface area (Å²) in [5, 5.41) is 17.4. The van der Waals surface area contributed by atoms with Crippen molar-refractivity contribution in [3.05, 3.63) is 88.5 Å². The Bertz CT molecular complexity index is 1050. The fourth-order valence-electron chi connectivity index (χ4n) is 3.58. The van der Waals surface area contributed by atoms with Gasteiger partial charge >= 0.3 is 0 Å². The average molecular weight is 402 g/mol. The third-order valence-electron chi connectivity index (χ3n) is 5.09. The quantitative estimate of drug-likeness (QED) is 0.438. The molecule has 1 heterocycles. The van der Waals surface area contributed by atoms with E-state index in [0.29, 0.717) is 11.3 Å². The topological polar surface area (TPSA) is 87.5 Å². The molecule has 0 aliphatic carbocycles. The molecule has 2 N–H and O–H groups in total. The first-order valence-corrected chi connectivity index (χ1v) is 9.87. The maximum Gasteiger partial charge on any atom is 0.270 e. The lowest BCUT2D eigenvalue weighted by Gasteiger charge is -2.21. The number of nitrogens with zero attached hydrogens (tertiary/aromatic N) is 2. The highest BCUT2D eigenvalue weighted by atomic mass is 16.6. The Balaban J connectivity index is 1.52. The summed E-state index contributed by atoms with van der Waals surface area (Å²) in [7, 11) is 0. The molecule has 0 atom stereocenters. The highest BCUT2D eigenvalue weighted by Gasteiger charge is 2.22. The number of carbonyl (C=O) groups is 1. The summed E-state index contributed by atoms with van der Waals surface area (Å²) in [6.07, 6.45) is 2.10. The number of non-ortho nitro benzene ring substituents is 1. The Morgan fingerprint density at radius 3 is 2.17 bits per heavy atom. The molecule has 1 amide bonds. The zero-order valence-corrected chi connectivity index (χ0v) is 16.4. The number of nitrogens with one attached hydrogen (secondary N) is 2. The molecule has 0 saturated carbocycles. The van der Waals surface area contributed by atoms with Crippen LogP contribution in [-0.2, 0) is 0 Å². The van der Waals surface area contributed by atoms with Crippen LogP contribution < -0.4 is 15.5 Å². The minimum Gasteiger partial charge on any atom is -0.371 e. The van der Waals surface area contributed by atoms with Crippen LogP contribution in [-0.4, -0.2) is 23.9 Å². The molecule has 1 fully saturated rings. The normalized spacial score (nSPS) is 13.1. The van der Waals surface area contributed by atoms with Crippen LogP contribution in [0.1, 0.15) is 23.2 Å². The van der Waals surface area contributed by atoms with Crippen molar-refractivity contribution in [3.8, 4) is 0 Å². The molecule has 7 nitrogen and oxygen atoms in total. The van der Waals surface area contributed by atoms with Gasteiger partial charge in [-0.25, -0.2) is 0 Å². The molecule has 0 radical (unpaired) electrons. The fraction of sp³-hybridized carbons (Fsp3) is 0.174. The highest BCUT2D eigenvalue weighted by Crippen LogP contribution is 2.29. The summed E-state index contributed by atoms with van der Waals surface area (Å²) in [5.41, 5.74) is 3.45. The number of rotatable bonds is 6. The van der Waals surface area contributed by atoms with Gasteiger partial charge in [0.05, 0.1) is 16.2 Å². The molecule has 152 valence electrons. The van der Waals surface area contributed by atoms with Gasteiger partial charge in [-0.2, -0.15) is 0 Å². The van der Waals surface area contributed by atoms with E-state index >= 15 is 0 Å². The van der Waals surface area contributed by atoms with Crippen molar-refractivity contribution in [2.75, 3.05) is 28.6 Å². The summed E-state index contributed by atoms with van der Waals surface area (Å²) in [6, 6.07) is 21.6. The number of benzene rings is 3. The van der Waals surface area contributed by atoms with Gasteiger partial charge < -0.3 is 15.5 Å². The van der Waals surface area contributed by atoms with Crippen molar-refractivity contribution < 1.29 is 9.72 Å². The van der Waals surface area contributed by atoms with Gasteiger partial charge in [0.15, 0.2) is 0 Å². The molecule has 1 aliphatic rings. The lowest BCUT2D eigenvalue weighted by molar-refractivity contribution is -0.384. The third kappa shape index (κ3) is 4.41. The Labute approximate surface area is 174 Å². The van der Waals surface area contributed by atoms with E-state index < -0.39 is 4.92 Å². The minimum atomic E-state index is -0.478. The van der Waals surface area contributed by atoms with E-state index in [2.05, 4.69) is 15.5 Å². The summed E-state index contributed by atoms with van der Waals surface area (Å²) in [5.74, 6) is -0.357. The number of para-hydroxylation sites is 1. The van der Waals surface area contributed by atoms with Crippen LogP contribution in [0.2, 0.25) is 0 Å². The summed E-state index contributed by atoms with van der Waals surface area (Å²) < 4.78 is 0. The largest absolute Gasteiger partial charge is 0.371 e. The average Bonchev–Trinajstić information content (AvgIpc) is 3.30. The fourth-order valence-corrected chi connectivity index (χ4v) is 3.58. The van der Waals surface area contributed by atoms with Crippen LogP contribution in [0.3, 0.4) is 0 Å². The number of nitro groups is 1. The van der Waals surface area contributed by atoms with E-state index in [4.69, 9.17) is 0 Å². The molecule has 0 aromatic heterocycles. The lowest BCUT2D eigenvalue weighted by atomic mass is 10.1. The van der Waals surface area contributed by atoms with E-state index in [0.717, 1.165) is 43.0 Å². The molecule has 1 aliphatic heterocycles. The molecule has 3 aromatic carbocycles. The van der Waals surface area contributed by atoms with Crippen molar-refractivity contribution in [2.24, 2.45) is 0 Å². The summed E-state index contributed by atoms with van der Waals surface area (Å²) >= 11 is 0. The van der Waals surface area contributed by atoms with Crippen LogP contribution in [0, 0.1) is 10.1 Å². The van der Waals surface area contributed by atoms with Gasteiger partial charge in [-0.1, -0.05) is 18.2 Å². The number of hydrogen-bond acceptors (Lipinski definition) is 5. The number of amides is 1. The van der Waals surface area contributed by atoms with E-state index in [-0.39, 0.29) is 11.6 Å². The zero-order valence-electron chi connectivity index (χ0n) is 16.4. The van der Waals surface area contributed by atoms with Crippen LogP contribution in [0.5, 0.6) is 0 Å². The number of hydrogen-bond donors (Lipinski definition) is 2. The highest BCUT2D eigenvalue weighted by molar-refractivity contribution is 6.08. The van der Waals surface area contributed by atoms with Gasteiger partial charge in [0, 0.05) is 42.3 Å². The SMILES string of the molecule is O=C(Nc1ccc(Nc2ccccc2)cc1)c1cc([N+](=O)[O-])ccc1N1CCCC1. The lowest BCUT2D eigenvalue weighted by Crippen LogP contribution is -2.23. The predicted octanol–water partition coefficient (Wildman–Crippen LogP) is 5.19. The molecule has 0 spiro atoms. The van der Waals surface area contributed by atoms with Crippen molar-refractivity contribution in [1.29, 1.82) is 0 Å². The van der Waals surface area contributed by atoms with Gasteiger partial charge in [-0.15, -0.1) is 0 Å². The Kier molecular flexibility index (Phi) is 5.61. The first kappa shape index (κ1) is 19.4. The van der Waals surface area contributed by atoms with E-state index in [1.807, 2.05) is 42.5 Å². The standard InChI is InChI=1S/C23H22N4O3/c28-23(21-16-20(27(29)30)12-13-22(21)26-14-4-5-15-26)25-19-10-8-18(9-11-19)24-17-6-2-1-3-7-17/h1-3,6-13,16,24H,4-5,14-15H2,(H,25,28). The predicted molar refractivity (Wildman–Crippen MR) is 119 cm³/mol. The first-order chi connectivity index (χ1) is 14.6. The van der Waals surface area contributed by atoms with Crippen LogP contribution in [0.15, 0.2) is 72.8 Å². The second kappa shape index (κ2) is 8.65. The van der Waals surface area contributed by atoms with Crippen molar-refractivity contribution in [2.45, 2.75) is 12.8 Å². The Morgan fingerprint density at radius 2 is 1.50 bits per heavy atom. The van der Waals surface area contributed by atoms with Crippen molar-refractivity contribution >= 4 is 34.3 Å². The molecular formula is C23H22N4O3. The van der Waals surface area contributed by atoms with Crippen molar-refractivity contribution in [1.82, 2.24) is 0 Å². The number of anilines is 4. The molecular weight excluding hydrogens is 380 g/mol. The van der Waals surface area contributed by atoms with Crippen LogP contribution in [0.4, 0.5) is 28.4 Å². The minimum absolute atomic E-state index is 0.0921. The number of carbonyl (C=O) groups excluding carboxylic acids is 1. The molecule has 1 saturated heterocycles.